The third-order valence-corrected chi connectivity index (χ3v) is 10.8. The summed E-state index contributed by atoms with van der Waals surface area (Å²) in [6, 6.07) is 0. The number of esters is 3. The topological polar surface area (TPSA) is 78.9 Å². The monoisotopic (exact) mass is 827 g/mol. The molecule has 0 N–H and O–H groups in total. The SMILES string of the molecule is CC/C=C\C/C=C\C/C=C\CCCCCCCC(=O)OC[C@H](COC(=O)CCCCCCCCCCCCC)OC(=O)CCCCCCCCC/C=C\CCCCCC. The number of ether oxygens (including phenoxy) is 3. The zero-order chi connectivity index (χ0) is 43.0. The van der Waals surface area contributed by atoms with Crippen molar-refractivity contribution in [3.63, 3.8) is 0 Å². The Labute approximate surface area is 365 Å². The molecule has 0 amide bonds. The molecule has 6 heteroatoms. The summed E-state index contributed by atoms with van der Waals surface area (Å²) in [4.78, 5) is 37.9. The lowest BCUT2D eigenvalue weighted by Crippen LogP contribution is -2.30. The van der Waals surface area contributed by atoms with Gasteiger partial charge < -0.3 is 14.2 Å². The Hall–Kier alpha value is -2.63. The summed E-state index contributed by atoms with van der Waals surface area (Å²) in [5.41, 5.74) is 0. The molecule has 0 fully saturated rings. The first kappa shape index (κ1) is 56.4. The van der Waals surface area contributed by atoms with Crippen LogP contribution in [0.25, 0.3) is 0 Å². The molecule has 0 aliphatic heterocycles. The van der Waals surface area contributed by atoms with Gasteiger partial charge in [0.05, 0.1) is 0 Å². The first-order valence-corrected chi connectivity index (χ1v) is 25.1. The van der Waals surface area contributed by atoms with Crippen molar-refractivity contribution in [1.82, 2.24) is 0 Å². The van der Waals surface area contributed by atoms with Crippen LogP contribution in [0.2, 0.25) is 0 Å². The van der Waals surface area contributed by atoms with Crippen molar-refractivity contribution < 1.29 is 28.6 Å². The van der Waals surface area contributed by atoms with Gasteiger partial charge in [0, 0.05) is 19.3 Å². The fourth-order valence-electron chi connectivity index (χ4n) is 7.04. The lowest BCUT2D eigenvalue weighted by molar-refractivity contribution is -0.167. The Morgan fingerprint density at radius 3 is 1.07 bits per heavy atom. The molecule has 0 bridgehead atoms. The lowest BCUT2D eigenvalue weighted by Gasteiger charge is -2.18. The van der Waals surface area contributed by atoms with E-state index >= 15 is 0 Å². The first-order chi connectivity index (χ1) is 29.0. The van der Waals surface area contributed by atoms with Gasteiger partial charge in [0.25, 0.3) is 0 Å². The summed E-state index contributed by atoms with van der Waals surface area (Å²) in [6.45, 7) is 6.50. The minimum atomic E-state index is -0.778. The van der Waals surface area contributed by atoms with Gasteiger partial charge in [0.1, 0.15) is 13.2 Å². The maximum Gasteiger partial charge on any atom is 0.306 e. The first-order valence-electron chi connectivity index (χ1n) is 25.1. The molecule has 0 aliphatic rings. The number of allylic oxidation sites excluding steroid dienone is 8. The number of carbonyl (C=O) groups is 3. The molecule has 0 heterocycles. The molecule has 59 heavy (non-hydrogen) atoms. The highest BCUT2D eigenvalue weighted by atomic mass is 16.6. The van der Waals surface area contributed by atoms with E-state index in [0.717, 1.165) is 96.3 Å². The quantitative estimate of drug-likeness (QED) is 0.0263. The largest absolute Gasteiger partial charge is 0.462 e. The van der Waals surface area contributed by atoms with Crippen molar-refractivity contribution in [2.45, 2.75) is 258 Å². The van der Waals surface area contributed by atoms with Crippen LogP contribution in [0.15, 0.2) is 48.6 Å². The Balaban J connectivity index is 4.39. The van der Waals surface area contributed by atoms with E-state index in [1.165, 1.54) is 116 Å². The summed E-state index contributed by atoms with van der Waals surface area (Å²) in [7, 11) is 0. The number of carbonyl (C=O) groups excluding carboxylic acids is 3. The summed E-state index contributed by atoms with van der Waals surface area (Å²) in [5.74, 6) is -0.896. The second kappa shape index (κ2) is 48.0. The number of hydrogen-bond donors (Lipinski definition) is 0. The fraction of sp³-hybridized carbons (Fsp3) is 0.792. The zero-order valence-electron chi connectivity index (χ0n) is 39.0. The Morgan fingerprint density at radius 1 is 0.356 bits per heavy atom. The molecule has 0 saturated carbocycles. The Bertz CT molecular complexity index is 1040. The van der Waals surface area contributed by atoms with E-state index in [1.54, 1.807) is 0 Å². The van der Waals surface area contributed by atoms with Gasteiger partial charge in [-0.25, -0.2) is 0 Å². The summed E-state index contributed by atoms with van der Waals surface area (Å²) < 4.78 is 16.8. The number of rotatable bonds is 45. The number of unbranched alkanes of at least 4 members (excludes halogenated alkanes) is 26. The van der Waals surface area contributed by atoms with Crippen molar-refractivity contribution in [2.24, 2.45) is 0 Å². The van der Waals surface area contributed by atoms with E-state index in [9.17, 15) is 14.4 Å². The van der Waals surface area contributed by atoms with Crippen LogP contribution in [0.5, 0.6) is 0 Å². The van der Waals surface area contributed by atoms with Crippen LogP contribution in [0.1, 0.15) is 252 Å². The van der Waals surface area contributed by atoms with E-state index in [0.29, 0.717) is 19.3 Å². The van der Waals surface area contributed by atoms with Crippen molar-refractivity contribution in [3.8, 4) is 0 Å². The van der Waals surface area contributed by atoms with Gasteiger partial charge in [0.2, 0.25) is 0 Å². The molecule has 0 rings (SSSR count). The molecule has 0 aromatic heterocycles. The second-order valence-corrected chi connectivity index (χ2v) is 16.7. The van der Waals surface area contributed by atoms with Gasteiger partial charge in [-0.1, -0.05) is 204 Å². The van der Waals surface area contributed by atoms with Crippen LogP contribution in [-0.2, 0) is 28.6 Å². The Kier molecular flexibility index (Phi) is 45.9. The van der Waals surface area contributed by atoms with Crippen molar-refractivity contribution >= 4 is 17.9 Å². The second-order valence-electron chi connectivity index (χ2n) is 16.7. The highest BCUT2D eigenvalue weighted by Crippen LogP contribution is 2.15. The molecule has 6 nitrogen and oxygen atoms in total. The van der Waals surface area contributed by atoms with E-state index in [1.807, 2.05) is 0 Å². The minimum absolute atomic E-state index is 0.0784. The molecule has 0 unspecified atom stereocenters. The summed E-state index contributed by atoms with van der Waals surface area (Å²) in [6.07, 6.45) is 56.6. The van der Waals surface area contributed by atoms with Crippen LogP contribution < -0.4 is 0 Å². The standard InChI is InChI=1S/C53H94O6/c1-4-7-10-13-16-19-22-24-26-28-31-34-37-40-43-46-52(55)58-49-50(48-57-51(54)45-42-39-36-33-30-21-18-15-12-9-6-3)59-53(56)47-44-41-38-35-32-29-27-25-23-20-17-14-11-8-5-2/h7,10,16,19-20,23-24,26,50H,4-6,8-9,11-15,17-18,21-22,25,27-49H2,1-3H3/b10-7-,19-16-,23-20-,26-24-/t50-/m0/s1. The highest BCUT2D eigenvalue weighted by molar-refractivity contribution is 5.71. The van der Waals surface area contributed by atoms with Crippen LogP contribution in [0.4, 0.5) is 0 Å². The number of hydrogen-bond acceptors (Lipinski definition) is 6. The van der Waals surface area contributed by atoms with Gasteiger partial charge in [0.15, 0.2) is 6.10 Å². The molecule has 1 atom stereocenters. The molecular weight excluding hydrogens is 733 g/mol. The van der Waals surface area contributed by atoms with Crippen LogP contribution in [-0.4, -0.2) is 37.2 Å². The molecule has 0 radical (unpaired) electrons. The zero-order valence-corrected chi connectivity index (χ0v) is 39.0. The van der Waals surface area contributed by atoms with Gasteiger partial charge in [-0.2, -0.15) is 0 Å². The van der Waals surface area contributed by atoms with Gasteiger partial charge in [-0.05, 0) is 77.0 Å². The van der Waals surface area contributed by atoms with Gasteiger partial charge >= 0.3 is 17.9 Å². The van der Waals surface area contributed by atoms with Crippen molar-refractivity contribution in [3.05, 3.63) is 48.6 Å². The molecule has 0 saturated heterocycles. The van der Waals surface area contributed by atoms with E-state index in [2.05, 4.69) is 69.4 Å². The lowest BCUT2D eigenvalue weighted by atomic mass is 10.1. The maximum atomic E-state index is 12.8. The van der Waals surface area contributed by atoms with Crippen LogP contribution in [0.3, 0.4) is 0 Å². The van der Waals surface area contributed by atoms with Crippen molar-refractivity contribution in [1.29, 1.82) is 0 Å². The molecule has 342 valence electrons. The fourth-order valence-corrected chi connectivity index (χ4v) is 7.04. The highest BCUT2D eigenvalue weighted by Gasteiger charge is 2.19. The third-order valence-electron chi connectivity index (χ3n) is 10.8. The minimum Gasteiger partial charge on any atom is -0.462 e. The predicted molar refractivity (Wildman–Crippen MR) is 252 cm³/mol. The predicted octanol–water partition coefficient (Wildman–Crippen LogP) is 16.3. The molecule has 0 spiro atoms. The molecular formula is C53H94O6. The smallest absolute Gasteiger partial charge is 0.306 e. The summed E-state index contributed by atoms with van der Waals surface area (Å²) >= 11 is 0. The molecule has 0 aromatic carbocycles. The average Bonchev–Trinajstić information content (AvgIpc) is 3.23. The maximum absolute atomic E-state index is 12.8. The summed E-state index contributed by atoms with van der Waals surface area (Å²) in [5, 5.41) is 0. The van der Waals surface area contributed by atoms with Gasteiger partial charge in [-0.3, -0.25) is 14.4 Å². The average molecular weight is 827 g/mol. The van der Waals surface area contributed by atoms with E-state index in [-0.39, 0.29) is 31.1 Å². The molecule has 0 aromatic rings. The van der Waals surface area contributed by atoms with Crippen LogP contribution in [0, 0.1) is 0 Å². The Morgan fingerprint density at radius 2 is 0.661 bits per heavy atom. The molecule has 0 aliphatic carbocycles. The van der Waals surface area contributed by atoms with E-state index < -0.39 is 6.10 Å². The normalized spacial score (nSPS) is 12.4. The van der Waals surface area contributed by atoms with E-state index in [4.69, 9.17) is 14.2 Å². The van der Waals surface area contributed by atoms with Crippen LogP contribution >= 0.6 is 0 Å². The van der Waals surface area contributed by atoms with Crippen molar-refractivity contribution in [2.75, 3.05) is 13.2 Å². The van der Waals surface area contributed by atoms with Gasteiger partial charge in [-0.15, -0.1) is 0 Å². The third kappa shape index (κ3) is 46.3.